The second kappa shape index (κ2) is 29.9. The van der Waals surface area contributed by atoms with E-state index in [0.717, 1.165) is 26.7 Å². The fourth-order valence-corrected chi connectivity index (χ4v) is 8.19. The van der Waals surface area contributed by atoms with Crippen LogP contribution in [-0.4, -0.2) is 98.4 Å². The van der Waals surface area contributed by atoms with Gasteiger partial charge in [0, 0.05) is 34.9 Å². The molecule has 6 aromatic rings. The molecule has 0 aromatic carbocycles. The van der Waals surface area contributed by atoms with E-state index in [9.17, 15) is 49.4 Å². The number of Topliss-reactive ketones (excluding diaryl/α,β-unsaturated/α-hetero) is 1. The van der Waals surface area contributed by atoms with Gasteiger partial charge in [-0.3, -0.25) is 4.79 Å². The first-order valence-corrected chi connectivity index (χ1v) is 26.6. The Morgan fingerprint density at radius 1 is 0.570 bits per heavy atom. The van der Waals surface area contributed by atoms with Crippen LogP contribution in [0, 0.1) is 5.92 Å². The summed E-state index contributed by atoms with van der Waals surface area (Å²) in [4.78, 5) is 24.5. The predicted molar refractivity (Wildman–Crippen MR) is 290 cm³/mol. The van der Waals surface area contributed by atoms with E-state index < -0.39 is 42.8 Å². The van der Waals surface area contributed by atoms with Crippen LogP contribution in [0.2, 0.25) is 15.5 Å². The number of nitrogens with one attached hydrogen (secondary N) is 3. The monoisotopic (exact) mass is 1200 g/mol. The second-order valence-electron chi connectivity index (χ2n) is 19.5. The zero-order chi connectivity index (χ0) is 59.7. The summed E-state index contributed by atoms with van der Waals surface area (Å²) in [6, 6.07) is -5.36. The van der Waals surface area contributed by atoms with E-state index in [-0.39, 0.29) is 110 Å². The van der Waals surface area contributed by atoms with Crippen molar-refractivity contribution in [2.45, 2.75) is 196 Å². The third-order valence-electron chi connectivity index (χ3n) is 13.3. The number of aliphatic hydroxyl groups is 1. The summed E-state index contributed by atoms with van der Waals surface area (Å²) in [5.41, 5.74) is 3.45. The number of ketones is 1. The fourth-order valence-electron chi connectivity index (χ4n) is 7.13. The maximum Gasteiger partial charge on any atom is 1.00 e. The third-order valence-corrected chi connectivity index (χ3v) is 14.1. The second-order valence-corrected chi connectivity index (χ2v) is 20.6. The first-order valence-electron chi connectivity index (χ1n) is 25.5. The van der Waals surface area contributed by atoms with Crippen LogP contribution in [0.4, 0.5) is 57.0 Å². The van der Waals surface area contributed by atoms with Gasteiger partial charge in [-0.15, -0.1) is 0 Å². The van der Waals surface area contributed by atoms with E-state index in [1.54, 1.807) is 6.92 Å². The Kier molecular flexibility index (Phi) is 26.9. The summed E-state index contributed by atoms with van der Waals surface area (Å²) in [5.74, 6) is 0.727. The third kappa shape index (κ3) is 17.8. The Morgan fingerprint density at radius 3 is 1.14 bits per heavy atom. The van der Waals surface area contributed by atoms with Crippen molar-refractivity contribution in [1.29, 1.82) is 0 Å². The van der Waals surface area contributed by atoms with E-state index in [0.29, 0.717) is 52.7 Å². The number of aromatic nitrogens is 9. The molecule has 79 heavy (non-hydrogen) atoms. The SMILES string of the molecule is CCC(C)C.CCC(C)c1c(Cl)nc2c(C(C)=O)cnn2c1NC(C)C(F)(F)F.CCC(C)c1c(Cl)nc2c(C(C)O)cnn2c1NC(C)C(F)(F)F.CCC(C)c1c(Cl)nc2c(C(C)OC)cnn2c1NC(C)C(F)(F)F.[H-].[Na+]. The standard InChI is InChI=1S/C16H22ClF3N4O.C15H20ClF3N4O.C15H18ClF3N4O.C5H12.Na.H/c1-6-8(2)12-13(17)23-14-11(9(3)25-5)7-21-24(14)15(12)22-10(4)16(18,19)20;2*1-5-7(2)11-12(16)22-13-10(8(3)24)6-20-23(13)14(11)21-9(4)15(17,18)19;1-4-5(2)3;;/h7-10,22H,6H2,1-5H3;6-9,21,24H,5H2,1-4H3;6-7,9,21H,5H2,1-4H3;5H,4H2,1-3H3;;/q;;;;+1;-1. The van der Waals surface area contributed by atoms with E-state index in [4.69, 9.17) is 39.5 Å². The first-order chi connectivity index (χ1) is 36.0. The Morgan fingerprint density at radius 2 is 0.861 bits per heavy atom. The van der Waals surface area contributed by atoms with Crippen LogP contribution in [-0.2, 0) is 4.74 Å². The number of carbonyl (C=O) groups is 1. The van der Waals surface area contributed by atoms with Crippen molar-refractivity contribution in [2.24, 2.45) is 5.92 Å². The molecular weight excluding hydrogens is 1130 g/mol. The van der Waals surface area contributed by atoms with E-state index >= 15 is 0 Å². The molecule has 0 saturated heterocycles. The quantitative estimate of drug-likeness (QED) is 0.0295. The van der Waals surface area contributed by atoms with Crippen molar-refractivity contribution in [3.8, 4) is 0 Å². The molecule has 8 unspecified atom stereocenters. The largest absolute Gasteiger partial charge is 1.00 e. The molecule has 0 bridgehead atoms. The molecule has 8 atom stereocenters. The number of aliphatic hydroxyl groups excluding tert-OH is 1. The molecule has 6 rings (SSSR count). The minimum Gasteiger partial charge on any atom is -1.00 e. The summed E-state index contributed by atoms with van der Waals surface area (Å²) in [5, 5.41) is 29.9. The Hall–Kier alpha value is -3.91. The minimum atomic E-state index is -4.44. The molecule has 0 fully saturated rings. The molecular formula is C51H73Cl3F9N12NaO3. The van der Waals surface area contributed by atoms with Gasteiger partial charge < -0.3 is 27.2 Å². The number of hydrogen-bond acceptors (Lipinski definition) is 12. The van der Waals surface area contributed by atoms with Gasteiger partial charge in [0.2, 0.25) is 0 Å². The van der Waals surface area contributed by atoms with Crippen LogP contribution in [0.1, 0.15) is 199 Å². The van der Waals surface area contributed by atoms with Gasteiger partial charge in [0.1, 0.15) is 51.0 Å². The number of anilines is 3. The zero-order valence-electron chi connectivity index (χ0n) is 48.6. The van der Waals surface area contributed by atoms with E-state index in [1.165, 1.54) is 59.5 Å². The molecule has 28 heteroatoms. The fraction of sp³-hybridized carbons (Fsp3) is 0.627. The van der Waals surface area contributed by atoms with Crippen LogP contribution in [0.15, 0.2) is 18.6 Å². The molecule has 0 spiro atoms. The number of methoxy groups -OCH3 is 1. The van der Waals surface area contributed by atoms with E-state index in [1.807, 2.05) is 41.5 Å². The average molecular weight is 1200 g/mol. The smallest absolute Gasteiger partial charge is 1.00 e. The van der Waals surface area contributed by atoms with Gasteiger partial charge in [-0.2, -0.15) is 68.4 Å². The van der Waals surface area contributed by atoms with Crippen LogP contribution >= 0.6 is 34.8 Å². The number of ether oxygens (including phenoxy) is 1. The summed E-state index contributed by atoms with van der Waals surface area (Å²) in [7, 11) is 1.54. The van der Waals surface area contributed by atoms with Gasteiger partial charge in [-0.05, 0) is 84.5 Å². The molecule has 4 N–H and O–H groups in total. The van der Waals surface area contributed by atoms with Gasteiger partial charge in [-0.25, -0.2) is 15.0 Å². The molecule has 6 heterocycles. The summed E-state index contributed by atoms with van der Waals surface area (Å²) in [6.07, 6.45) is -6.91. The van der Waals surface area contributed by atoms with Crippen molar-refractivity contribution in [2.75, 3.05) is 23.1 Å². The predicted octanol–water partition coefficient (Wildman–Crippen LogP) is 12.9. The number of alkyl halides is 9. The van der Waals surface area contributed by atoms with Gasteiger partial charge in [0.05, 0.1) is 36.4 Å². The normalized spacial score (nSPS) is 15.1. The number of carbonyl (C=O) groups excluding carboxylic acids is 1. The van der Waals surface area contributed by atoms with Crippen LogP contribution < -0.4 is 45.5 Å². The van der Waals surface area contributed by atoms with Crippen molar-refractivity contribution >= 4 is 75.0 Å². The average Bonchev–Trinajstić information content (AvgIpc) is 4.10. The summed E-state index contributed by atoms with van der Waals surface area (Å²) < 4.78 is 126. The first kappa shape index (κ1) is 71.2. The molecule has 0 aliphatic carbocycles. The molecule has 15 nitrogen and oxygen atoms in total. The van der Waals surface area contributed by atoms with Crippen LogP contribution in [0.3, 0.4) is 0 Å². The Bertz CT molecular complexity index is 2940. The van der Waals surface area contributed by atoms with Crippen molar-refractivity contribution in [3.05, 3.63) is 67.4 Å². The molecule has 0 aliphatic rings. The molecule has 0 amide bonds. The summed E-state index contributed by atoms with van der Waals surface area (Å²) >= 11 is 18.8. The molecule has 0 aliphatic heterocycles. The number of hydrogen-bond donors (Lipinski definition) is 4. The molecule has 0 saturated carbocycles. The molecule has 440 valence electrons. The zero-order valence-corrected chi connectivity index (χ0v) is 51.8. The maximum absolute atomic E-state index is 13.1. The van der Waals surface area contributed by atoms with Crippen LogP contribution in [0.5, 0.6) is 0 Å². The number of fused-ring (bicyclic) bond motifs is 3. The number of halogens is 12. The van der Waals surface area contributed by atoms with Crippen molar-refractivity contribution in [1.82, 2.24) is 43.8 Å². The summed E-state index contributed by atoms with van der Waals surface area (Å²) in [6.45, 7) is 25.7. The number of nitrogens with zero attached hydrogens (tertiary/aromatic N) is 9. The van der Waals surface area contributed by atoms with E-state index in [2.05, 4.69) is 67.0 Å². The topological polar surface area (TPSA) is 173 Å². The Balaban J connectivity index is 0.000000568. The van der Waals surface area contributed by atoms with Crippen LogP contribution in [0.25, 0.3) is 16.9 Å². The minimum absolute atomic E-state index is 0. The van der Waals surface area contributed by atoms with Crippen molar-refractivity contribution < 1.29 is 85.1 Å². The van der Waals surface area contributed by atoms with Gasteiger partial charge >= 0.3 is 48.1 Å². The molecule has 6 aromatic heterocycles. The molecule has 0 radical (unpaired) electrons. The van der Waals surface area contributed by atoms with Gasteiger partial charge in [0.15, 0.2) is 22.7 Å². The van der Waals surface area contributed by atoms with Gasteiger partial charge in [0.25, 0.3) is 0 Å². The van der Waals surface area contributed by atoms with Crippen molar-refractivity contribution in [3.63, 3.8) is 0 Å². The number of rotatable bonds is 17. The Labute approximate surface area is 493 Å². The maximum atomic E-state index is 13.1. The van der Waals surface area contributed by atoms with Gasteiger partial charge in [-0.1, -0.05) is 104 Å².